The van der Waals surface area contributed by atoms with Crippen LogP contribution in [0, 0.1) is 6.92 Å². The highest BCUT2D eigenvalue weighted by Gasteiger charge is 2.18. The van der Waals surface area contributed by atoms with Crippen LogP contribution in [-0.4, -0.2) is 31.2 Å². The molecule has 0 aliphatic heterocycles. The van der Waals surface area contributed by atoms with Crippen molar-refractivity contribution in [3.05, 3.63) is 46.0 Å². The highest BCUT2D eigenvalue weighted by atomic mass is 32.2. The van der Waals surface area contributed by atoms with Gasteiger partial charge in [0, 0.05) is 4.88 Å². The molecule has 0 radical (unpaired) electrons. The number of aryl methyl sites for hydroxylation is 4. The summed E-state index contributed by atoms with van der Waals surface area (Å²) in [5, 5.41) is 14.3. The molecule has 0 saturated carbocycles. The number of thiazole rings is 1. The van der Waals surface area contributed by atoms with Gasteiger partial charge in [0.25, 0.3) is 0 Å². The Balaban J connectivity index is 1.37. The molecule has 1 aromatic carbocycles. The van der Waals surface area contributed by atoms with Gasteiger partial charge in [-0.05, 0) is 73.7 Å². The maximum atomic E-state index is 12.5. The zero-order chi connectivity index (χ0) is 20.7. The Hall–Kier alpha value is -2.45. The average Bonchev–Trinajstić information content (AvgIpc) is 3.36. The summed E-state index contributed by atoms with van der Waals surface area (Å²) in [4.78, 5) is 18.5. The Kier molecular flexibility index (Phi) is 5.20. The fraction of sp³-hybridized carbons (Fsp3) is 0.364. The minimum atomic E-state index is -0.0620. The normalized spacial score (nSPS) is 13.7. The van der Waals surface area contributed by atoms with Crippen LogP contribution >= 0.6 is 23.1 Å². The van der Waals surface area contributed by atoms with E-state index in [2.05, 4.69) is 56.1 Å². The molecule has 0 bridgehead atoms. The van der Waals surface area contributed by atoms with Crippen molar-refractivity contribution >= 4 is 50.7 Å². The second-order valence-electron chi connectivity index (χ2n) is 7.65. The number of benzene rings is 1. The third-order valence-corrected chi connectivity index (χ3v) is 7.53. The summed E-state index contributed by atoms with van der Waals surface area (Å²) < 4.78 is 2.06. The highest BCUT2D eigenvalue weighted by Crippen LogP contribution is 2.30. The molecule has 5 rings (SSSR count). The minimum absolute atomic E-state index is 0.0620. The molecule has 154 valence electrons. The van der Waals surface area contributed by atoms with Crippen LogP contribution in [0.1, 0.15) is 41.5 Å². The Morgan fingerprint density at radius 2 is 2.10 bits per heavy atom. The van der Waals surface area contributed by atoms with E-state index >= 15 is 0 Å². The van der Waals surface area contributed by atoms with Crippen molar-refractivity contribution < 1.29 is 4.79 Å². The number of amides is 1. The highest BCUT2D eigenvalue weighted by molar-refractivity contribution is 7.99. The second kappa shape index (κ2) is 8.00. The lowest BCUT2D eigenvalue weighted by Crippen LogP contribution is -2.14. The maximum absolute atomic E-state index is 12.5. The van der Waals surface area contributed by atoms with E-state index < -0.39 is 0 Å². The van der Waals surface area contributed by atoms with Crippen LogP contribution in [0.4, 0.5) is 5.13 Å². The lowest BCUT2D eigenvalue weighted by Gasteiger charge is -2.08. The van der Waals surface area contributed by atoms with Gasteiger partial charge in [-0.25, -0.2) is 4.98 Å². The summed E-state index contributed by atoms with van der Waals surface area (Å²) in [6.45, 7) is 4.21. The summed E-state index contributed by atoms with van der Waals surface area (Å²) in [5.74, 6) is 0.209. The van der Waals surface area contributed by atoms with Gasteiger partial charge in [0.05, 0.1) is 17.0 Å². The van der Waals surface area contributed by atoms with Gasteiger partial charge in [0.2, 0.25) is 5.91 Å². The molecule has 1 amide bonds. The van der Waals surface area contributed by atoms with Gasteiger partial charge >= 0.3 is 0 Å². The van der Waals surface area contributed by atoms with Gasteiger partial charge in [-0.3, -0.25) is 9.20 Å². The zero-order valence-electron chi connectivity index (χ0n) is 17.1. The van der Waals surface area contributed by atoms with E-state index in [1.165, 1.54) is 40.4 Å². The summed E-state index contributed by atoms with van der Waals surface area (Å²) in [5.41, 5.74) is 5.43. The number of carbonyl (C=O) groups is 1. The number of rotatable bonds is 5. The van der Waals surface area contributed by atoms with E-state index in [0.29, 0.717) is 5.13 Å². The largest absolute Gasteiger partial charge is 0.301 e. The fourth-order valence-corrected chi connectivity index (χ4v) is 5.78. The number of anilines is 1. The number of hydrogen-bond donors (Lipinski definition) is 1. The molecular formula is C22H23N5OS2. The number of aromatic nitrogens is 4. The number of nitrogens with one attached hydrogen (secondary N) is 1. The van der Waals surface area contributed by atoms with Gasteiger partial charge in [0.15, 0.2) is 15.9 Å². The molecule has 4 aromatic rings. The fourth-order valence-electron chi connectivity index (χ4n) is 3.97. The van der Waals surface area contributed by atoms with Crippen LogP contribution in [0.3, 0.4) is 0 Å². The molecule has 0 atom stereocenters. The van der Waals surface area contributed by atoms with Crippen molar-refractivity contribution in [2.24, 2.45) is 0 Å². The predicted molar refractivity (Wildman–Crippen MR) is 123 cm³/mol. The van der Waals surface area contributed by atoms with Crippen LogP contribution in [0.15, 0.2) is 29.4 Å². The number of hydrogen-bond acceptors (Lipinski definition) is 6. The molecule has 8 heteroatoms. The molecule has 3 heterocycles. The Labute approximate surface area is 183 Å². The van der Waals surface area contributed by atoms with Crippen LogP contribution in [-0.2, 0) is 24.1 Å². The predicted octanol–water partition coefficient (Wildman–Crippen LogP) is 4.82. The van der Waals surface area contributed by atoms with Crippen molar-refractivity contribution in [3.8, 4) is 0 Å². The van der Waals surface area contributed by atoms with Crippen molar-refractivity contribution in [3.63, 3.8) is 0 Å². The lowest BCUT2D eigenvalue weighted by molar-refractivity contribution is -0.113. The molecule has 0 spiro atoms. The van der Waals surface area contributed by atoms with Crippen LogP contribution in [0.25, 0.3) is 16.6 Å². The second-order valence-corrected chi connectivity index (χ2v) is 9.67. The van der Waals surface area contributed by atoms with E-state index in [0.717, 1.165) is 46.8 Å². The SMILES string of the molecule is CCc1ccc2c(c1)cc(C)c1nnc(SCC(=O)Nc3nc4c(s3)CCCC4)n12. The van der Waals surface area contributed by atoms with Gasteiger partial charge in [0.1, 0.15) is 0 Å². The molecule has 0 unspecified atom stereocenters. The molecule has 0 fully saturated rings. The smallest absolute Gasteiger partial charge is 0.236 e. The van der Waals surface area contributed by atoms with E-state index in [9.17, 15) is 4.79 Å². The Morgan fingerprint density at radius 3 is 2.93 bits per heavy atom. The molecule has 0 saturated heterocycles. The molecule has 1 aliphatic carbocycles. The number of thioether (sulfide) groups is 1. The van der Waals surface area contributed by atoms with Gasteiger partial charge in [-0.15, -0.1) is 21.5 Å². The maximum Gasteiger partial charge on any atom is 0.236 e. The van der Waals surface area contributed by atoms with Gasteiger partial charge in [-0.2, -0.15) is 0 Å². The van der Waals surface area contributed by atoms with E-state index in [1.807, 2.05) is 6.92 Å². The van der Waals surface area contributed by atoms with Crippen molar-refractivity contribution in [1.82, 2.24) is 19.6 Å². The van der Waals surface area contributed by atoms with Crippen LogP contribution in [0.5, 0.6) is 0 Å². The van der Waals surface area contributed by atoms with Crippen LogP contribution in [0.2, 0.25) is 0 Å². The summed E-state index contributed by atoms with van der Waals surface area (Å²) in [6, 6.07) is 8.63. The van der Waals surface area contributed by atoms with Crippen molar-refractivity contribution in [2.45, 2.75) is 51.1 Å². The molecule has 1 N–H and O–H groups in total. The van der Waals surface area contributed by atoms with E-state index in [-0.39, 0.29) is 11.7 Å². The third kappa shape index (κ3) is 3.58. The Morgan fingerprint density at radius 1 is 1.23 bits per heavy atom. The third-order valence-electron chi connectivity index (χ3n) is 5.52. The van der Waals surface area contributed by atoms with Crippen LogP contribution < -0.4 is 5.32 Å². The number of nitrogens with zero attached hydrogens (tertiary/aromatic N) is 4. The first-order chi connectivity index (χ1) is 14.6. The Bertz CT molecular complexity index is 1240. The quantitative estimate of drug-likeness (QED) is 0.453. The number of carbonyl (C=O) groups excluding carboxylic acids is 1. The number of pyridine rings is 1. The first-order valence-corrected chi connectivity index (χ1v) is 12.1. The zero-order valence-corrected chi connectivity index (χ0v) is 18.7. The molecule has 30 heavy (non-hydrogen) atoms. The first-order valence-electron chi connectivity index (χ1n) is 10.3. The first kappa shape index (κ1) is 19.5. The van der Waals surface area contributed by atoms with E-state index in [1.54, 1.807) is 11.3 Å². The molecule has 1 aliphatic rings. The molecule has 6 nitrogen and oxygen atoms in total. The van der Waals surface area contributed by atoms with E-state index in [4.69, 9.17) is 0 Å². The van der Waals surface area contributed by atoms with Gasteiger partial charge in [-0.1, -0.05) is 24.8 Å². The topological polar surface area (TPSA) is 72.2 Å². The lowest BCUT2D eigenvalue weighted by atomic mass is 10.0. The standard InChI is InChI=1S/C22H23N5OS2/c1-3-14-8-9-17-15(11-14)10-13(2)20-25-26-22(27(17)20)29-12-19(28)24-21-23-16-6-4-5-7-18(16)30-21/h8-11H,3-7,12H2,1-2H3,(H,23,24,28). The minimum Gasteiger partial charge on any atom is -0.301 e. The van der Waals surface area contributed by atoms with Crippen molar-refractivity contribution in [1.29, 1.82) is 0 Å². The summed E-state index contributed by atoms with van der Waals surface area (Å²) >= 11 is 3.02. The number of fused-ring (bicyclic) bond motifs is 4. The summed E-state index contributed by atoms with van der Waals surface area (Å²) in [7, 11) is 0. The van der Waals surface area contributed by atoms with Crippen molar-refractivity contribution in [2.75, 3.05) is 11.1 Å². The average molecular weight is 438 g/mol. The molecular weight excluding hydrogens is 414 g/mol. The van der Waals surface area contributed by atoms with Gasteiger partial charge < -0.3 is 5.32 Å². The summed E-state index contributed by atoms with van der Waals surface area (Å²) in [6.07, 6.45) is 5.50. The monoisotopic (exact) mass is 437 g/mol. The molecule has 3 aromatic heterocycles.